The molecular weight excluding hydrogens is 136 g/mol. The van der Waals surface area contributed by atoms with E-state index in [-0.39, 0.29) is 0 Å². The molecule has 0 bridgehead atoms. The summed E-state index contributed by atoms with van der Waals surface area (Å²) in [4.78, 5) is 8.57. The fourth-order valence-corrected chi connectivity index (χ4v) is 0.898. The van der Waals surface area contributed by atoms with E-state index >= 15 is 0 Å². The van der Waals surface area contributed by atoms with E-state index in [2.05, 4.69) is 43.0 Å². The Morgan fingerprint density at radius 3 is 1.64 bits per heavy atom. The zero-order valence-corrected chi connectivity index (χ0v) is 6.08. The second-order valence-corrected chi connectivity index (χ2v) is 2.11. The van der Waals surface area contributed by atoms with Crippen LogP contribution in [0.2, 0.25) is 0 Å². The molecule has 0 spiro atoms. The highest BCUT2D eigenvalue weighted by atomic mass is 16.1. The van der Waals surface area contributed by atoms with Gasteiger partial charge >= 0.3 is 0 Å². The minimum absolute atomic E-state index is 1.25. The maximum absolute atomic E-state index is 8.57. The van der Waals surface area contributed by atoms with Gasteiger partial charge in [-0.1, -0.05) is 36.4 Å². The standard InChI is InChI=1S/C8H6.C2H2O/c1-2-4-8-6-5-7(8)3-1;1-2-3/h1-6H;1H2. The molecule has 1 aromatic rings. The molecule has 0 radical (unpaired) electrons. The molecule has 1 aromatic carbocycles. The van der Waals surface area contributed by atoms with Gasteiger partial charge in [0.15, 0.2) is 0 Å². The van der Waals surface area contributed by atoms with E-state index < -0.39 is 0 Å². The van der Waals surface area contributed by atoms with E-state index in [4.69, 9.17) is 4.79 Å². The van der Waals surface area contributed by atoms with Crippen LogP contribution in [0.15, 0.2) is 30.8 Å². The molecule has 54 valence electrons. The van der Waals surface area contributed by atoms with Crippen LogP contribution in [0.25, 0.3) is 12.2 Å². The largest absolute Gasteiger partial charge is 0.234 e. The zero-order valence-electron chi connectivity index (χ0n) is 6.08. The molecule has 0 saturated carbocycles. The lowest BCUT2D eigenvalue weighted by molar-refractivity contribution is 0.569. The van der Waals surface area contributed by atoms with Crippen LogP contribution >= 0.6 is 0 Å². The molecular formula is C10H8O. The van der Waals surface area contributed by atoms with Crippen molar-refractivity contribution in [3.05, 3.63) is 42.0 Å². The van der Waals surface area contributed by atoms with Crippen molar-refractivity contribution in [1.82, 2.24) is 0 Å². The van der Waals surface area contributed by atoms with Gasteiger partial charge in [0, 0.05) is 0 Å². The first-order valence-electron chi connectivity index (χ1n) is 3.30. The highest BCUT2D eigenvalue weighted by Gasteiger charge is 1.99. The maximum atomic E-state index is 8.57. The lowest BCUT2D eigenvalue weighted by atomic mass is 9.99. The summed E-state index contributed by atoms with van der Waals surface area (Å²) in [5.41, 5.74) is 2.74. The Kier molecular flexibility index (Phi) is 2.42. The van der Waals surface area contributed by atoms with Crippen molar-refractivity contribution in [2.45, 2.75) is 0 Å². The van der Waals surface area contributed by atoms with Crippen molar-refractivity contribution in [2.24, 2.45) is 0 Å². The van der Waals surface area contributed by atoms with Crippen LogP contribution in [-0.4, -0.2) is 5.94 Å². The molecule has 1 aliphatic rings. The van der Waals surface area contributed by atoms with E-state index in [1.807, 2.05) is 0 Å². The minimum atomic E-state index is 1.25. The van der Waals surface area contributed by atoms with Crippen molar-refractivity contribution in [2.75, 3.05) is 0 Å². The van der Waals surface area contributed by atoms with E-state index in [9.17, 15) is 0 Å². The minimum Gasteiger partial charge on any atom is -0.234 e. The van der Waals surface area contributed by atoms with E-state index in [1.54, 1.807) is 0 Å². The number of rotatable bonds is 0. The Morgan fingerprint density at radius 2 is 1.45 bits per heavy atom. The molecule has 0 amide bonds. The average Bonchev–Trinajstić information content (AvgIpc) is 1.94. The first-order valence-corrected chi connectivity index (χ1v) is 3.30. The first kappa shape index (κ1) is 7.52. The van der Waals surface area contributed by atoms with Crippen LogP contribution in [-0.2, 0) is 4.79 Å². The van der Waals surface area contributed by atoms with Crippen LogP contribution < -0.4 is 0 Å². The molecule has 2 rings (SSSR count). The third kappa shape index (κ3) is 1.66. The van der Waals surface area contributed by atoms with Crippen LogP contribution in [0.4, 0.5) is 0 Å². The van der Waals surface area contributed by atoms with E-state index in [0.29, 0.717) is 0 Å². The smallest absolute Gasteiger partial charge is 0.116 e. The third-order valence-electron chi connectivity index (χ3n) is 1.44. The van der Waals surface area contributed by atoms with Crippen molar-refractivity contribution >= 4 is 18.1 Å². The summed E-state index contributed by atoms with van der Waals surface area (Å²) in [6.45, 7) is 2.68. The Labute approximate surface area is 65.7 Å². The molecule has 1 aliphatic carbocycles. The second kappa shape index (κ2) is 3.55. The van der Waals surface area contributed by atoms with Crippen LogP contribution in [0.1, 0.15) is 11.1 Å². The van der Waals surface area contributed by atoms with Crippen LogP contribution in [0.3, 0.4) is 0 Å². The first-order chi connectivity index (χ1) is 5.38. The van der Waals surface area contributed by atoms with Crippen LogP contribution in [0, 0.1) is 0 Å². The summed E-state index contributed by atoms with van der Waals surface area (Å²) in [6, 6.07) is 8.36. The molecule has 0 unspecified atom stereocenters. The van der Waals surface area contributed by atoms with Gasteiger partial charge in [-0.2, -0.15) is 0 Å². The molecule has 0 aliphatic heterocycles. The highest BCUT2D eigenvalue weighted by Crippen LogP contribution is 2.21. The normalized spacial score (nSPS) is 9.82. The Hall–Kier alpha value is -1.59. The molecule has 1 nitrogen and oxygen atoms in total. The molecule has 11 heavy (non-hydrogen) atoms. The predicted octanol–water partition coefficient (Wildman–Crippen LogP) is 2.17. The van der Waals surface area contributed by atoms with Crippen LogP contribution in [0.5, 0.6) is 0 Å². The fourth-order valence-electron chi connectivity index (χ4n) is 0.898. The van der Waals surface area contributed by atoms with Crippen molar-refractivity contribution in [1.29, 1.82) is 0 Å². The quantitative estimate of drug-likeness (QED) is 0.518. The summed E-state index contributed by atoms with van der Waals surface area (Å²) in [5, 5.41) is 0. The maximum Gasteiger partial charge on any atom is 0.116 e. The van der Waals surface area contributed by atoms with Crippen molar-refractivity contribution in [3.63, 3.8) is 0 Å². The Morgan fingerprint density at radius 1 is 1.09 bits per heavy atom. The van der Waals surface area contributed by atoms with Gasteiger partial charge in [0.25, 0.3) is 0 Å². The monoisotopic (exact) mass is 144 g/mol. The summed E-state index contributed by atoms with van der Waals surface area (Å²) >= 11 is 0. The summed E-state index contributed by atoms with van der Waals surface area (Å²) in [5.74, 6) is 1.25. The van der Waals surface area contributed by atoms with Gasteiger partial charge in [-0.15, -0.1) is 0 Å². The fraction of sp³-hybridized carbons (Fsp3) is 0. The SMILES string of the molecule is C1=Cc2ccccc21.C=C=O. The predicted molar refractivity (Wildman–Crippen MR) is 46.7 cm³/mol. The van der Waals surface area contributed by atoms with Gasteiger partial charge in [0.1, 0.15) is 5.94 Å². The molecule has 0 saturated heterocycles. The molecule has 1 heteroatoms. The molecule has 0 N–H and O–H groups in total. The second-order valence-electron chi connectivity index (χ2n) is 2.11. The van der Waals surface area contributed by atoms with Crippen molar-refractivity contribution in [3.8, 4) is 0 Å². The summed E-state index contributed by atoms with van der Waals surface area (Å²) < 4.78 is 0. The number of carbonyl (C=O) groups excluding carboxylic acids is 1. The topological polar surface area (TPSA) is 17.1 Å². The molecule has 0 heterocycles. The average molecular weight is 144 g/mol. The molecule has 0 atom stereocenters. The lowest BCUT2D eigenvalue weighted by Crippen LogP contribution is -1.85. The highest BCUT2D eigenvalue weighted by molar-refractivity contribution is 5.85. The van der Waals surface area contributed by atoms with E-state index in [0.717, 1.165) is 0 Å². The molecule has 0 fully saturated rings. The summed E-state index contributed by atoms with van der Waals surface area (Å²) in [6.07, 6.45) is 4.24. The van der Waals surface area contributed by atoms with Gasteiger partial charge in [-0.3, -0.25) is 0 Å². The number of hydrogen-bond acceptors (Lipinski definition) is 1. The Balaban J connectivity index is 0.000000179. The van der Waals surface area contributed by atoms with Gasteiger partial charge in [0.2, 0.25) is 0 Å². The molecule has 0 aromatic heterocycles. The third-order valence-corrected chi connectivity index (χ3v) is 1.44. The number of hydrogen-bond donors (Lipinski definition) is 0. The van der Waals surface area contributed by atoms with Gasteiger partial charge in [-0.25, -0.2) is 4.79 Å². The van der Waals surface area contributed by atoms with Gasteiger partial charge in [-0.05, 0) is 17.7 Å². The zero-order chi connectivity index (χ0) is 8.10. The van der Waals surface area contributed by atoms with Gasteiger partial charge in [0.05, 0.1) is 0 Å². The van der Waals surface area contributed by atoms with Gasteiger partial charge < -0.3 is 0 Å². The number of benzene rings is 1. The van der Waals surface area contributed by atoms with E-state index in [1.165, 1.54) is 17.1 Å². The van der Waals surface area contributed by atoms with Crippen molar-refractivity contribution < 1.29 is 4.79 Å². The number of fused-ring (bicyclic) bond motifs is 1. The summed E-state index contributed by atoms with van der Waals surface area (Å²) in [7, 11) is 0. The lowest BCUT2D eigenvalue weighted by Gasteiger charge is -2.06. The Bertz CT molecular complexity index is 279.